The van der Waals surface area contributed by atoms with Gasteiger partial charge in [-0.1, -0.05) is 17.3 Å². The largest absolute Gasteiger partial charge is 0.497 e. The third kappa shape index (κ3) is 5.40. The third-order valence-corrected chi connectivity index (χ3v) is 5.93. The Balaban J connectivity index is 1.46. The van der Waals surface area contributed by atoms with Crippen LogP contribution in [-0.4, -0.2) is 82.2 Å². The standard InChI is InChI=1S/C19H25N7O7S/c1-31-12-4-2-3-11(7-12)9-21-18-15-19(23-10-22-18)26(25-24-15)13-8-14(17(28)16(13)27)32-5-6-33-34(20,29)30/h2-4,7,10,13-14,16-17,27-28H,5-6,8-9H2,1H3,(H2,20,29,30)(H,21,22,23)/t13-,14+,16+,17-/m0/s1. The van der Waals surface area contributed by atoms with Gasteiger partial charge in [0.15, 0.2) is 17.0 Å². The maximum absolute atomic E-state index is 10.8. The molecule has 34 heavy (non-hydrogen) atoms. The first-order valence-electron chi connectivity index (χ1n) is 10.3. The molecule has 0 radical (unpaired) electrons. The summed E-state index contributed by atoms with van der Waals surface area (Å²) in [5.74, 6) is 1.19. The van der Waals surface area contributed by atoms with E-state index < -0.39 is 34.7 Å². The van der Waals surface area contributed by atoms with Gasteiger partial charge in [0, 0.05) is 13.0 Å². The lowest BCUT2D eigenvalue weighted by Gasteiger charge is -2.17. The second-order valence-corrected chi connectivity index (χ2v) is 8.86. The van der Waals surface area contributed by atoms with E-state index in [1.54, 1.807) is 7.11 Å². The van der Waals surface area contributed by atoms with Crippen molar-refractivity contribution in [2.24, 2.45) is 5.14 Å². The lowest BCUT2D eigenvalue weighted by atomic mass is 10.2. The van der Waals surface area contributed by atoms with Crippen LogP contribution in [0, 0.1) is 0 Å². The maximum Gasteiger partial charge on any atom is 0.333 e. The molecule has 2 heterocycles. The Morgan fingerprint density at radius 3 is 2.82 bits per heavy atom. The number of methoxy groups -OCH3 is 1. The fourth-order valence-electron chi connectivity index (χ4n) is 3.81. The van der Waals surface area contributed by atoms with Crippen LogP contribution in [0.1, 0.15) is 18.0 Å². The summed E-state index contributed by atoms with van der Waals surface area (Å²) < 4.78 is 38.2. The molecule has 1 fully saturated rings. The lowest BCUT2D eigenvalue weighted by Crippen LogP contribution is -2.33. The summed E-state index contributed by atoms with van der Waals surface area (Å²) in [6, 6.07) is 6.89. The normalized spacial score (nSPS) is 22.8. The predicted molar refractivity (Wildman–Crippen MR) is 118 cm³/mol. The highest BCUT2D eigenvalue weighted by Crippen LogP contribution is 2.34. The zero-order chi connectivity index (χ0) is 24.3. The van der Waals surface area contributed by atoms with Gasteiger partial charge in [0.2, 0.25) is 0 Å². The van der Waals surface area contributed by atoms with Crippen molar-refractivity contribution in [3.05, 3.63) is 36.2 Å². The minimum absolute atomic E-state index is 0.143. The number of fused-ring (bicyclic) bond motifs is 1. The third-order valence-electron chi connectivity index (χ3n) is 5.43. The molecule has 4 rings (SSSR count). The van der Waals surface area contributed by atoms with E-state index >= 15 is 0 Å². The number of nitrogens with one attached hydrogen (secondary N) is 1. The number of hydrogen-bond donors (Lipinski definition) is 4. The van der Waals surface area contributed by atoms with Crippen molar-refractivity contribution in [3.63, 3.8) is 0 Å². The Morgan fingerprint density at radius 1 is 1.24 bits per heavy atom. The fourth-order valence-corrected chi connectivity index (χ4v) is 4.11. The maximum atomic E-state index is 10.8. The van der Waals surface area contributed by atoms with Crippen molar-refractivity contribution in [3.8, 4) is 5.75 Å². The van der Waals surface area contributed by atoms with Crippen molar-refractivity contribution in [1.82, 2.24) is 25.0 Å². The van der Waals surface area contributed by atoms with E-state index in [1.165, 1.54) is 11.0 Å². The van der Waals surface area contributed by atoms with Crippen LogP contribution in [-0.2, 0) is 25.8 Å². The highest BCUT2D eigenvalue weighted by Gasteiger charge is 2.44. The molecule has 1 aliphatic carbocycles. The summed E-state index contributed by atoms with van der Waals surface area (Å²) >= 11 is 0. The molecule has 0 aliphatic heterocycles. The molecular weight excluding hydrogens is 470 g/mol. The van der Waals surface area contributed by atoms with Gasteiger partial charge in [-0.05, 0) is 17.7 Å². The molecule has 2 aromatic heterocycles. The molecule has 1 aliphatic rings. The second-order valence-electron chi connectivity index (χ2n) is 7.64. The Labute approximate surface area is 194 Å². The molecule has 0 saturated heterocycles. The summed E-state index contributed by atoms with van der Waals surface area (Å²) in [6.07, 6.45) is -1.68. The van der Waals surface area contributed by atoms with Crippen LogP contribution in [0.4, 0.5) is 5.82 Å². The van der Waals surface area contributed by atoms with Crippen molar-refractivity contribution in [2.45, 2.75) is 37.3 Å². The van der Waals surface area contributed by atoms with Crippen LogP contribution in [0.3, 0.4) is 0 Å². The number of nitrogens with two attached hydrogens (primary N) is 1. The summed E-state index contributed by atoms with van der Waals surface area (Å²) in [5.41, 5.74) is 1.75. The molecule has 1 aromatic carbocycles. The first-order valence-corrected chi connectivity index (χ1v) is 11.8. The molecule has 4 atom stereocenters. The summed E-state index contributed by atoms with van der Waals surface area (Å²) in [4.78, 5) is 8.49. The molecule has 1 saturated carbocycles. The molecule has 14 nitrogen and oxygen atoms in total. The number of aliphatic hydroxyl groups is 2. The van der Waals surface area contributed by atoms with Gasteiger partial charge >= 0.3 is 10.3 Å². The molecule has 0 unspecified atom stereocenters. The lowest BCUT2D eigenvalue weighted by molar-refractivity contribution is -0.0612. The van der Waals surface area contributed by atoms with E-state index in [-0.39, 0.29) is 19.6 Å². The summed E-state index contributed by atoms with van der Waals surface area (Å²) in [5, 5.41) is 37.2. The van der Waals surface area contributed by atoms with Crippen molar-refractivity contribution in [1.29, 1.82) is 0 Å². The molecule has 0 amide bonds. The first kappa shape index (κ1) is 24.2. The van der Waals surface area contributed by atoms with E-state index in [0.717, 1.165) is 11.3 Å². The van der Waals surface area contributed by atoms with Crippen LogP contribution in [0.2, 0.25) is 0 Å². The smallest absolute Gasteiger partial charge is 0.333 e. The average molecular weight is 496 g/mol. The van der Waals surface area contributed by atoms with Crippen molar-refractivity contribution >= 4 is 27.3 Å². The van der Waals surface area contributed by atoms with Gasteiger partial charge in [-0.3, -0.25) is 4.18 Å². The molecule has 5 N–H and O–H groups in total. The zero-order valence-corrected chi connectivity index (χ0v) is 19.0. The number of aromatic nitrogens is 5. The fraction of sp³-hybridized carbons (Fsp3) is 0.474. The number of hydrogen-bond acceptors (Lipinski definition) is 12. The van der Waals surface area contributed by atoms with Gasteiger partial charge in [0.25, 0.3) is 0 Å². The molecule has 0 bridgehead atoms. The van der Waals surface area contributed by atoms with Gasteiger partial charge < -0.3 is 25.0 Å². The number of ether oxygens (including phenoxy) is 2. The van der Waals surface area contributed by atoms with Crippen LogP contribution in [0.15, 0.2) is 30.6 Å². The molecule has 15 heteroatoms. The Morgan fingerprint density at radius 2 is 2.06 bits per heavy atom. The number of nitrogens with zero attached hydrogens (tertiary/aromatic N) is 5. The minimum atomic E-state index is -4.09. The topological polar surface area (TPSA) is 197 Å². The summed E-state index contributed by atoms with van der Waals surface area (Å²) in [6.45, 7) is -0.00171. The SMILES string of the molecule is COc1cccc(CNc2ncnc3c2nnn3[C@H]2C[C@@H](OCCOS(N)(=O)=O)[C@H](O)[C@@H]2O)c1. The average Bonchev–Trinajstić information content (AvgIpc) is 3.36. The van der Waals surface area contributed by atoms with Crippen molar-refractivity contribution in [2.75, 3.05) is 25.6 Å². The Kier molecular flexibility index (Phi) is 7.20. The molecular formula is C19H25N7O7S. The molecule has 184 valence electrons. The second kappa shape index (κ2) is 10.1. The molecule has 0 spiro atoms. The van der Waals surface area contributed by atoms with Crippen LogP contribution in [0.5, 0.6) is 5.75 Å². The predicted octanol–water partition coefficient (Wildman–Crippen LogP) is -0.886. The van der Waals surface area contributed by atoms with Gasteiger partial charge in [0.05, 0.1) is 32.5 Å². The first-order chi connectivity index (χ1) is 16.3. The Hall–Kier alpha value is -2.95. The summed E-state index contributed by atoms with van der Waals surface area (Å²) in [7, 11) is -2.49. The number of benzene rings is 1. The minimum Gasteiger partial charge on any atom is -0.497 e. The van der Waals surface area contributed by atoms with E-state index in [4.69, 9.17) is 14.6 Å². The van der Waals surface area contributed by atoms with Gasteiger partial charge in [-0.15, -0.1) is 5.10 Å². The van der Waals surface area contributed by atoms with Crippen LogP contribution >= 0.6 is 0 Å². The number of anilines is 1. The Bertz CT molecular complexity index is 1240. The molecule has 3 aromatic rings. The highest BCUT2D eigenvalue weighted by atomic mass is 32.2. The van der Waals surface area contributed by atoms with Crippen molar-refractivity contribution < 1.29 is 32.3 Å². The van der Waals surface area contributed by atoms with Gasteiger partial charge in [-0.25, -0.2) is 19.8 Å². The zero-order valence-electron chi connectivity index (χ0n) is 18.2. The highest BCUT2D eigenvalue weighted by molar-refractivity contribution is 7.84. The van der Waals surface area contributed by atoms with Crippen LogP contribution in [0.25, 0.3) is 11.2 Å². The van der Waals surface area contributed by atoms with Crippen LogP contribution < -0.4 is 15.2 Å². The quantitative estimate of drug-likeness (QED) is 0.254. The van der Waals surface area contributed by atoms with E-state index in [9.17, 15) is 18.6 Å². The number of aliphatic hydroxyl groups excluding tert-OH is 2. The monoisotopic (exact) mass is 495 g/mol. The van der Waals surface area contributed by atoms with E-state index in [1.807, 2.05) is 24.3 Å². The van der Waals surface area contributed by atoms with E-state index in [0.29, 0.717) is 23.5 Å². The van der Waals surface area contributed by atoms with E-state index in [2.05, 4.69) is 29.8 Å². The number of rotatable bonds is 10. The van der Waals surface area contributed by atoms with Gasteiger partial charge in [0.1, 0.15) is 24.3 Å². The van der Waals surface area contributed by atoms with Gasteiger partial charge in [-0.2, -0.15) is 8.42 Å².